The minimum Gasteiger partial charge on any atom is -0.495 e. The van der Waals surface area contributed by atoms with E-state index in [9.17, 15) is 13.2 Å². The Morgan fingerprint density at radius 1 is 1.19 bits per heavy atom. The first kappa shape index (κ1) is 19.0. The van der Waals surface area contributed by atoms with Gasteiger partial charge in [0.2, 0.25) is 22.7 Å². The number of fused-ring (bicyclic) bond motifs is 1. The zero-order valence-electron chi connectivity index (χ0n) is 15.0. The molecule has 1 aliphatic heterocycles. The van der Waals surface area contributed by atoms with Crippen LogP contribution in [0.15, 0.2) is 47.4 Å². The van der Waals surface area contributed by atoms with Gasteiger partial charge in [0.25, 0.3) is 0 Å². The van der Waals surface area contributed by atoms with Gasteiger partial charge in [-0.1, -0.05) is 12.1 Å². The van der Waals surface area contributed by atoms with Gasteiger partial charge in [-0.25, -0.2) is 13.1 Å². The summed E-state index contributed by atoms with van der Waals surface area (Å²) in [4.78, 5) is 13.6. The van der Waals surface area contributed by atoms with Gasteiger partial charge in [0.1, 0.15) is 5.75 Å². The number of nitrogens with zero attached hydrogens (tertiary/aromatic N) is 1. The molecule has 2 aromatic carbocycles. The number of methoxy groups -OCH3 is 1. The molecule has 27 heavy (non-hydrogen) atoms. The van der Waals surface area contributed by atoms with Crippen molar-refractivity contribution in [2.24, 2.45) is 0 Å². The van der Waals surface area contributed by atoms with Crippen LogP contribution in [-0.4, -0.2) is 41.3 Å². The molecule has 1 amide bonds. The maximum atomic E-state index is 12.5. The highest BCUT2D eigenvalue weighted by Gasteiger charge is 2.21. The molecular weight excluding hydrogens is 372 g/mol. The lowest BCUT2D eigenvalue weighted by Gasteiger charge is -2.23. The summed E-state index contributed by atoms with van der Waals surface area (Å²) in [5, 5.41) is 0. The Balaban J connectivity index is 1.70. The minimum absolute atomic E-state index is 0.0361. The molecule has 3 rings (SSSR count). The molecule has 0 radical (unpaired) electrons. The van der Waals surface area contributed by atoms with Gasteiger partial charge in [0, 0.05) is 26.1 Å². The van der Waals surface area contributed by atoms with Crippen LogP contribution in [-0.2, 0) is 14.8 Å². The molecule has 9 heteroatoms. The van der Waals surface area contributed by atoms with E-state index in [1.807, 2.05) is 0 Å². The summed E-state index contributed by atoms with van der Waals surface area (Å²) in [6, 6.07) is 11.5. The van der Waals surface area contributed by atoms with Crippen LogP contribution >= 0.6 is 0 Å². The molecule has 8 nitrogen and oxygen atoms in total. The van der Waals surface area contributed by atoms with Crippen molar-refractivity contribution in [3.05, 3.63) is 42.5 Å². The van der Waals surface area contributed by atoms with Crippen molar-refractivity contribution in [2.45, 2.75) is 11.8 Å². The second kappa shape index (κ2) is 7.85. The molecule has 0 saturated heterocycles. The Bertz CT molecular complexity index is 945. The number of anilines is 1. The lowest BCUT2D eigenvalue weighted by Crippen LogP contribution is -2.37. The molecule has 0 unspecified atom stereocenters. The smallest absolute Gasteiger partial charge is 0.240 e. The summed E-state index contributed by atoms with van der Waals surface area (Å²) in [5.41, 5.74) is 0.578. The van der Waals surface area contributed by atoms with Gasteiger partial charge in [0.05, 0.1) is 17.7 Å². The number of ether oxygens (including phenoxy) is 3. The number of nitrogens with one attached hydrogen (secondary N) is 1. The number of hydrogen-bond donors (Lipinski definition) is 1. The Labute approximate surface area is 157 Å². The zero-order chi connectivity index (χ0) is 19.4. The van der Waals surface area contributed by atoms with E-state index in [1.54, 1.807) is 30.3 Å². The Kier molecular flexibility index (Phi) is 5.52. The van der Waals surface area contributed by atoms with E-state index in [4.69, 9.17) is 14.2 Å². The third-order valence-electron chi connectivity index (χ3n) is 4.04. The number of carbonyl (C=O) groups is 1. The average Bonchev–Trinajstić information content (AvgIpc) is 3.13. The maximum absolute atomic E-state index is 12.5. The van der Waals surface area contributed by atoms with Crippen molar-refractivity contribution >= 4 is 21.6 Å². The second-order valence-corrected chi connectivity index (χ2v) is 7.52. The van der Waals surface area contributed by atoms with E-state index in [2.05, 4.69) is 4.72 Å². The van der Waals surface area contributed by atoms with Gasteiger partial charge in [0.15, 0.2) is 11.5 Å². The fourth-order valence-corrected chi connectivity index (χ4v) is 3.76. The topological polar surface area (TPSA) is 94.2 Å². The number of sulfonamides is 1. The van der Waals surface area contributed by atoms with Crippen molar-refractivity contribution in [3.63, 3.8) is 0 Å². The first-order valence-corrected chi connectivity index (χ1v) is 9.71. The van der Waals surface area contributed by atoms with Crippen molar-refractivity contribution in [3.8, 4) is 17.2 Å². The fraction of sp³-hybridized carbons (Fsp3) is 0.278. The van der Waals surface area contributed by atoms with E-state index in [0.29, 0.717) is 22.9 Å². The number of rotatable bonds is 7. The van der Waals surface area contributed by atoms with E-state index >= 15 is 0 Å². The molecule has 1 heterocycles. The normalized spacial score (nSPS) is 12.7. The van der Waals surface area contributed by atoms with Crippen molar-refractivity contribution in [1.82, 2.24) is 4.72 Å². The number of para-hydroxylation sites is 2. The predicted molar refractivity (Wildman–Crippen MR) is 98.8 cm³/mol. The molecule has 1 aliphatic rings. The number of benzene rings is 2. The maximum Gasteiger partial charge on any atom is 0.240 e. The summed E-state index contributed by atoms with van der Waals surface area (Å²) in [7, 11) is -2.24. The summed E-state index contributed by atoms with van der Waals surface area (Å²) in [6.07, 6.45) is 0. The standard InChI is InChI=1S/C18H20N2O6S/c1-13(21)20(15-5-3-4-6-16(15)24-2)10-9-19-27(22,23)14-7-8-17-18(11-14)26-12-25-17/h3-8,11,19H,9-10,12H2,1-2H3. The zero-order valence-corrected chi connectivity index (χ0v) is 15.8. The number of amides is 1. The Morgan fingerprint density at radius 2 is 1.93 bits per heavy atom. The molecule has 0 saturated carbocycles. The quantitative estimate of drug-likeness (QED) is 0.772. The van der Waals surface area contributed by atoms with Crippen molar-refractivity contribution in [2.75, 3.05) is 31.9 Å². The first-order chi connectivity index (χ1) is 12.9. The summed E-state index contributed by atoms with van der Waals surface area (Å²) in [6.45, 7) is 1.67. The third-order valence-corrected chi connectivity index (χ3v) is 5.50. The van der Waals surface area contributed by atoms with Gasteiger partial charge in [-0.15, -0.1) is 0 Å². The number of hydrogen-bond acceptors (Lipinski definition) is 6. The lowest BCUT2D eigenvalue weighted by atomic mass is 10.2. The van der Waals surface area contributed by atoms with Crippen LogP contribution in [0.1, 0.15) is 6.92 Å². The van der Waals surface area contributed by atoms with Crippen LogP contribution in [0.2, 0.25) is 0 Å². The highest BCUT2D eigenvalue weighted by molar-refractivity contribution is 7.89. The van der Waals surface area contributed by atoms with Gasteiger partial charge in [-0.3, -0.25) is 4.79 Å². The van der Waals surface area contributed by atoms with E-state index < -0.39 is 10.0 Å². The molecule has 1 N–H and O–H groups in total. The van der Waals surface area contributed by atoms with Crippen LogP contribution in [0.4, 0.5) is 5.69 Å². The van der Waals surface area contributed by atoms with Crippen molar-refractivity contribution in [1.29, 1.82) is 0 Å². The summed E-state index contributed by atoms with van der Waals surface area (Å²) >= 11 is 0. The summed E-state index contributed by atoms with van der Waals surface area (Å²) < 4.78 is 43.2. The molecule has 144 valence electrons. The molecule has 0 spiro atoms. The van der Waals surface area contributed by atoms with Gasteiger partial charge < -0.3 is 19.1 Å². The van der Waals surface area contributed by atoms with Crippen LogP contribution < -0.4 is 23.8 Å². The molecule has 0 aliphatic carbocycles. The lowest BCUT2D eigenvalue weighted by molar-refractivity contribution is -0.116. The molecule has 2 aromatic rings. The highest BCUT2D eigenvalue weighted by Crippen LogP contribution is 2.33. The van der Waals surface area contributed by atoms with Crippen LogP contribution in [0.3, 0.4) is 0 Å². The number of carbonyl (C=O) groups excluding carboxylic acids is 1. The predicted octanol–water partition coefficient (Wildman–Crippen LogP) is 1.76. The molecular formula is C18H20N2O6S. The SMILES string of the molecule is COc1ccccc1N(CCNS(=O)(=O)c1ccc2c(c1)OCO2)C(C)=O. The van der Waals surface area contributed by atoms with Crippen LogP contribution in [0, 0.1) is 0 Å². The van der Waals surface area contributed by atoms with Crippen LogP contribution in [0.5, 0.6) is 17.2 Å². The van der Waals surface area contributed by atoms with E-state index in [1.165, 1.54) is 31.1 Å². The third kappa shape index (κ3) is 4.15. The molecule has 0 bridgehead atoms. The molecule has 0 aromatic heterocycles. The molecule has 0 fully saturated rings. The van der Waals surface area contributed by atoms with E-state index in [-0.39, 0.29) is 30.7 Å². The Hall–Kier alpha value is -2.78. The minimum atomic E-state index is -3.76. The van der Waals surface area contributed by atoms with Gasteiger partial charge in [-0.05, 0) is 24.3 Å². The molecule has 0 atom stereocenters. The largest absolute Gasteiger partial charge is 0.495 e. The fourth-order valence-electron chi connectivity index (χ4n) is 2.72. The second-order valence-electron chi connectivity index (χ2n) is 5.76. The first-order valence-electron chi connectivity index (χ1n) is 8.23. The monoisotopic (exact) mass is 392 g/mol. The highest BCUT2D eigenvalue weighted by atomic mass is 32.2. The van der Waals surface area contributed by atoms with Gasteiger partial charge in [-0.2, -0.15) is 0 Å². The van der Waals surface area contributed by atoms with Crippen molar-refractivity contribution < 1.29 is 27.4 Å². The Morgan fingerprint density at radius 3 is 2.67 bits per heavy atom. The van der Waals surface area contributed by atoms with E-state index in [0.717, 1.165) is 0 Å². The summed E-state index contributed by atoms with van der Waals surface area (Å²) in [5.74, 6) is 1.21. The average molecular weight is 392 g/mol. The van der Waals surface area contributed by atoms with Gasteiger partial charge >= 0.3 is 0 Å². The van der Waals surface area contributed by atoms with Crippen LogP contribution in [0.25, 0.3) is 0 Å².